The van der Waals surface area contributed by atoms with Crippen LogP contribution in [0.3, 0.4) is 0 Å². The van der Waals surface area contributed by atoms with Crippen LogP contribution in [-0.2, 0) is 10.0 Å². The molecular weight excluding hydrogens is 396 g/mol. The van der Waals surface area contributed by atoms with Gasteiger partial charge >= 0.3 is 0 Å². The Labute approximate surface area is 188 Å². The van der Waals surface area contributed by atoms with Crippen molar-refractivity contribution in [3.8, 4) is 0 Å². The van der Waals surface area contributed by atoms with Crippen LogP contribution in [0.15, 0.2) is 91.0 Å². The minimum absolute atomic E-state index is 0.804. The van der Waals surface area contributed by atoms with Crippen LogP contribution in [-0.4, -0.2) is 13.4 Å². The van der Waals surface area contributed by atoms with Gasteiger partial charge in [-0.2, -0.15) is 0 Å². The van der Waals surface area contributed by atoms with Crippen molar-refractivity contribution in [1.82, 2.24) is 0 Å². The fourth-order valence-corrected chi connectivity index (χ4v) is 6.76. The van der Waals surface area contributed by atoms with E-state index in [1.54, 1.807) is 0 Å². The number of hydrogen-bond acceptors (Lipinski definition) is 2. The van der Waals surface area contributed by atoms with Gasteiger partial charge in [-0.1, -0.05) is 112 Å². The lowest BCUT2D eigenvalue weighted by molar-refractivity contribution is 0.121. The van der Waals surface area contributed by atoms with E-state index in [0.717, 1.165) is 46.2 Å². The zero-order valence-corrected chi connectivity index (χ0v) is 20.1. The fraction of sp³-hybridized carbons (Fsp3) is 0.286. The Kier molecular flexibility index (Phi) is 7.53. The van der Waals surface area contributed by atoms with Crippen molar-refractivity contribution in [1.29, 1.82) is 0 Å². The minimum Gasteiger partial charge on any atom is -0.543 e. The molecule has 0 bridgehead atoms. The predicted molar refractivity (Wildman–Crippen MR) is 134 cm³/mol. The van der Waals surface area contributed by atoms with Crippen molar-refractivity contribution in [2.24, 2.45) is 0 Å². The Morgan fingerprint density at radius 1 is 0.710 bits per heavy atom. The lowest BCUT2D eigenvalue weighted by Gasteiger charge is -2.36. The summed E-state index contributed by atoms with van der Waals surface area (Å²) < 4.78 is 7.05. The van der Waals surface area contributed by atoms with Crippen molar-refractivity contribution in [3.63, 3.8) is 0 Å². The van der Waals surface area contributed by atoms with Gasteiger partial charge in [0.05, 0.1) is 0 Å². The number of aliphatic hydroxyl groups is 1. The molecule has 0 aliphatic rings. The molecule has 3 rings (SSSR count). The minimum atomic E-state index is -2.01. The van der Waals surface area contributed by atoms with Gasteiger partial charge in [-0.3, -0.25) is 0 Å². The largest absolute Gasteiger partial charge is 0.543 e. The zero-order valence-electron chi connectivity index (χ0n) is 19.1. The third-order valence-corrected chi connectivity index (χ3v) is 10.9. The van der Waals surface area contributed by atoms with Crippen LogP contribution in [0, 0.1) is 0 Å². The maximum Gasteiger partial charge on any atom is 0.250 e. The van der Waals surface area contributed by atoms with Crippen LogP contribution in [0.25, 0.3) is 11.3 Å². The highest BCUT2D eigenvalue weighted by molar-refractivity contribution is 6.74. The number of benzene rings is 3. The van der Waals surface area contributed by atoms with E-state index < -0.39 is 13.9 Å². The summed E-state index contributed by atoms with van der Waals surface area (Å²) in [5, 5.41) is 12.0. The second kappa shape index (κ2) is 10.1. The van der Waals surface area contributed by atoms with Crippen molar-refractivity contribution < 1.29 is 9.53 Å². The maximum atomic E-state index is 12.0. The third kappa shape index (κ3) is 5.00. The summed E-state index contributed by atoms with van der Waals surface area (Å²) in [6.07, 6.45) is 0. The molecule has 0 fully saturated rings. The summed E-state index contributed by atoms with van der Waals surface area (Å²) in [5.41, 5.74) is 2.43. The fourth-order valence-electron chi connectivity index (χ4n) is 4.17. The van der Waals surface area contributed by atoms with Crippen LogP contribution in [0.2, 0.25) is 18.1 Å². The van der Waals surface area contributed by atoms with Gasteiger partial charge in [0.1, 0.15) is 11.4 Å². The SMILES string of the molecule is CC[Si](CC)(CC)O/C(=C(\c1ccccc1)C(C)(O)c1ccccc1)c1ccccc1. The van der Waals surface area contributed by atoms with Gasteiger partial charge in [0.2, 0.25) is 0 Å². The van der Waals surface area contributed by atoms with E-state index in [9.17, 15) is 5.11 Å². The molecule has 1 N–H and O–H groups in total. The average Bonchev–Trinajstić information content (AvgIpc) is 2.83. The van der Waals surface area contributed by atoms with E-state index in [4.69, 9.17) is 4.43 Å². The first-order valence-electron chi connectivity index (χ1n) is 11.3. The molecule has 0 saturated heterocycles. The summed E-state index contributed by atoms with van der Waals surface area (Å²) in [6, 6.07) is 33.4. The Morgan fingerprint density at radius 2 is 1.13 bits per heavy atom. The molecule has 162 valence electrons. The summed E-state index contributed by atoms with van der Waals surface area (Å²) in [6.45, 7) is 8.59. The van der Waals surface area contributed by atoms with E-state index in [2.05, 4.69) is 45.0 Å². The Hall–Kier alpha value is -2.62. The predicted octanol–water partition coefficient (Wildman–Crippen LogP) is 7.48. The lowest BCUT2D eigenvalue weighted by Crippen LogP contribution is -2.36. The molecule has 1 atom stereocenters. The summed E-state index contributed by atoms with van der Waals surface area (Å²) in [4.78, 5) is 0. The average molecular weight is 431 g/mol. The Balaban J connectivity index is 2.36. The second-order valence-corrected chi connectivity index (χ2v) is 12.9. The van der Waals surface area contributed by atoms with E-state index in [0.29, 0.717) is 0 Å². The summed E-state index contributed by atoms with van der Waals surface area (Å²) in [5.74, 6) is 0.804. The molecule has 0 aliphatic carbocycles. The molecular formula is C28H34O2Si. The normalized spacial score (nSPS) is 14.5. The molecule has 3 aromatic rings. The molecule has 0 spiro atoms. The molecule has 3 aromatic carbocycles. The van der Waals surface area contributed by atoms with Gasteiger partial charge in [-0.05, 0) is 36.2 Å². The smallest absolute Gasteiger partial charge is 0.250 e. The molecule has 0 saturated carbocycles. The zero-order chi connectivity index (χ0) is 22.3. The van der Waals surface area contributed by atoms with Gasteiger partial charge < -0.3 is 9.53 Å². The quantitative estimate of drug-likeness (QED) is 0.216. The molecule has 3 heteroatoms. The highest BCUT2D eigenvalue weighted by atomic mass is 28.4. The van der Waals surface area contributed by atoms with Gasteiger partial charge in [0.15, 0.2) is 0 Å². The van der Waals surface area contributed by atoms with E-state index in [1.165, 1.54) is 0 Å². The topological polar surface area (TPSA) is 29.5 Å². The van der Waals surface area contributed by atoms with Crippen LogP contribution in [0.1, 0.15) is 44.4 Å². The van der Waals surface area contributed by atoms with Crippen LogP contribution in [0.5, 0.6) is 0 Å². The van der Waals surface area contributed by atoms with Crippen molar-refractivity contribution >= 4 is 19.6 Å². The maximum absolute atomic E-state index is 12.0. The molecule has 2 nitrogen and oxygen atoms in total. The first kappa shape index (κ1) is 23.0. The van der Waals surface area contributed by atoms with Crippen molar-refractivity contribution in [2.75, 3.05) is 0 Å². The van der Waals surface area contributed by atoms with E-state index in [1.807, 2.05) is 73.7 Å². The van der Waals surface area contributed by atoms with E-state index in [-0.39, 0.29) is 0 Å². The van der Waals surface area contributed by atoms with Crippen LogP contribution in [0.4, 0.5) is 0 Å². The van der Waals surface area contributed by atoms with Gasteiger partial charge in [-0.15, -0.1) is 0 Å². The summed E-state index contributed by atoms with van der Waals surface area (Å²) in [7, 11) is -2.01. The Bertz CT molecular complexity index is 967. The monoisotopic (exact) mass is 430 g/mol. The second-order valence-electron chi connectivity index (χ2n) is 8.22. The molecule has 0 heterocycles. The molecule has 0 aromatic heterocycles. The third-order valence-electron chi connectivity index (χ3n) is 6.40. The standard InChI is InChI=1S/C28H34O2Si/c1-5-31(6-2,7-3)30-27(24-19-13-9-14-20-24)26(23-17-11-8-12-18-23)28(4,29)25-21-15-10-16-22-25/h8-22,29H,5-7H2,1-4H3/b27-26+. The Morgan fingerprint density at radius 3 is 1.58 bits per heavy atom. The van der Waals surface area contributed by atoms with Gasteiger partial charge in [0, 0.05) is 11.1 Å². The molecule has 0 amide bonds. The number of rotatable bonds is 9. The van der Waals surface area contributed by atoms with Gasteiger partial charge in [0.25, 0.3) is 8.32 Å². The molecule has 0 aliphatic heterocycles. The van der Waals surface area contributed by atoms with E-state index >= 15 is 0 Å². The summed E-state index contributed by atoms with van der Waals surface area (Å²) >= 11 is 0. The van der Waals surface area contributed by atoms with Crippen molar-refractivity contribution in [3.05, 3.63) is 108 Å². The first-order chi connectivity index (χ1) is 15.0. The highest BCUT2D eigenvalue weighted by Crippen LogP contribution is 2.43. The van der Waals surface area contributed by atoms with Crippen LogP contribution < -0.4 is 0 Å². The molecule has 0 radical (unpaired) electrons. The number of hydrogen-bond donors (Lipinski definition) is 1. The first-order valence-corrected chi connectivity index (χ1v) is 13.8. The lowest BCUT2D eigenvalue weighted by atomic mass is 9.82. The van der Waals surface area contributed by atoms with Crippen LogP contribution >= 0.6 is 0 Å². The molecule has 1 unspecified atom stereocenters. The molecule has 31 heavy (non-hydrogen) atoms. The highest BCUT2D eigenvalue weighted by Gasteiger charge is 2.38. The van der Waals surface area contributed by atoms with Gasteiger partial charge in [-0.25, -0.2) is 0 Å². The van der Waals surface area contributed by atoms with Crippen molar-refractivity contribution in [2.45, 2.75) is 51.4 Å².